The molecule has 1 aliphatic rings. The number of hydrogen-bond donors (Lipinski definition) is 2. The first-order valence-electron chi connectivity index (χ1n) is 16.2. The minimum absolute atomic E-state index is 0. The van der Waals surface area contributed by atoms with Gasteiger partial charge in [-0.2, -0.15) is 0 Å². The number of amides is 4. The second kappa shape index (κ2) is 17.5. The summed E-state index contributed by atoms with van der Waals surface area (Å²) in [5, 5.41) is 16.0. The molecule has 0 aliphatic carbocycles. The summed E-state index contributed by atoms with van der Waals surface area (Å²) in [5.41, 5.74) is 7.08. The van der Waals surface area contributed by atoms with Crippen LogP contribution in [0.4, 0.5) is 9.59 Å². The van der Waals surface area contributed by atoms with E-state index in [2.05, 4.69) is 5.32 Å². The maximum absolute atomic E-state index is 14.4. The van der Waals surface area contributed by atoms with Gasteiger partial charge in [-0.25, -0.2) is 9.59 Å². The predicted molar refractivity (Wildman–Crippen MR) is 173 cm³/mol. The minimum Gasteiger partial charge on any atom is -0.548 e. The van der Waals surface area contributed by atoms with E-state index in [-0.39, 0.29) is 60.9 Å². The number of fused-ring (bicyclic) bond motifs is 1. The van der Waals surface area contributed by atoms with Crippen molar-refractivity contribution >= 4 is 40.8 Å². The molecule has 47 heavy (non-hydrogen) atoms. The fraction of sp³-hybridized carbons (Fsp3) is 0.618. The van der Waals surface area contributed by atoms with Gasteiger partial charge in [0.2, 0.25) is 5.91 Å². The van der Waals surface area contributed by atoms with Crippen LogP contribution in [0.1, 0.15) is 92.1 Å². The predicted octanol–water partition coefficient (Wildman–Crippen LogP) is 0.571. The number of nitrogens with two attached hydrogens (primary N) is 1. The van der Waals surface area contributed by atoms with Crippen molar-refractivity contribution in [2.45, 2.75) is 123 Å². The molecule has 0 saturated carbocycles. The van der Waals surface area contributed by atoms with Gasteiger partial charge in [-0.05, 0) is 69.4 Å². The minimum atomic E-state index is -1.59. The average Bonchev–Trinajstić information content (AvgIpc) is 3.35. The molecule has 4 amide bonds. The number of carboxylic acids is 1. The number of carboxylic acid groups (broad SMARTS) is 1. The van der Waals surface area contributed by atoms with Gasteiger partial charge in [0.15, 0.2) is 0 Å². The van der Waals surface area contributed by atoms with Crippen molar-refractivity contribution in [1.29, 1.82) is 0 Å². The molecule has 1 aliphatic heterocycles. The molecule has 5 atom stereocenters. The first-order chi connectivity index (χ1) is 21.6. The Kier molecular flexibility index (Phi) is 15.0. The number of nitrogens with one attached hydrogen (secondary N) is 1. The molecule has 1 aromatic carbocycles. The quantitative estimate of drug-likeness (QED) is 0.329. The van der Waals surface area contributed by atoms with Gasteiger partial charge in [0.05, 0.1) is 30.7 Å². The third kappa shape index (κ3) is 10.0. The third-order valence-electron chi connectivity index (χ3n) is 8.65. The van der Waals surface area contributed by atoms with Gasteiger partial charge in [0.25, 0.3) is 5.91 Å². The molecule has 3 N–H and O–H groups in total. The van der Waals surface area contributed by atoms with Crippen LogP contribution >= 0.6 is 0 Å². The van der Waals surface area contributed by atoms with Crippen LogP contribution in [-0.4, -0.2) is 81.6 Å². The van der Waals surface area contributed by atoms with Crippen LogP contribution in [-0.2, 0) is 25.5 Å². The summed E-state index contributed by atoms with van der Waals surface area (Å²) < 4.78 is 6.19. The van der Waals surface area contributed by atoms with Gasteiger partial charge in [0, 0.05) is 23.7 Å². The van der Waals surface area contributed by atoms with Gasteiger partial charge in [-0.15, -0.1) is 0 Å². The number of piperidine rings is 1. The second-order valence-corrected chi connectivity index (χ2v) is 13.6. The van der Waals surface area contributed by atoms with Crippen LogP contribution < -0.4 is 45.7 Å². The van der Waals surface area contributed by atoms with Crippen molar-refractivity contribution in [2.24, 2.45) is 11.1 Å². The molecule has 1 aromatic heterocycles. The van der Waals surface area contributed by atoms with Crippen molar-refractivity contribution in [3.05, 3.63) is 36.0 Å². The molecule has 2 aromatic rings. The van der Waals surface area contributed by atoms with E-state index in [1.165, 1.54) is 17.9 Å². The molecule has 0 radical (unpaired) electrons. The zero-order valence-corrected chi connectivity index (χ0v) is 31.2. The van der Waals surface area contributed by atoms with Crippen molar-refractivity contribution in [3.63, 3.8) is 0 Å². The average molecular weight is 664 g/mol. The van der Waals surface area contributed by atoms with Crippen LogP contribution in [0.5, 0.6) is 0 Å². The van der Waals surface area contributed by atoms with Crippen LogP contribution in [0.3, 0.4) is 0 Å². The molecule has 1 fully saturated rings. The number of ether oxygens (including phenoxy) is 1. The summed E-state index contributed by atoms with van der Waals surface area (Å²) in [6.45, 7) is 11.5. The Labute approximate surface area is 300 Å². The molecule has 12 nitrogen and oxygen atoms in total. The summed E-state index contributed by atoms with van der Waals surface area (Å²) in [6.07, 6.45) is 4.58. The maximum Gasteiger partial charge on any atom is 1.00 e. The normalized spacial score (nSPS) is 18.4. The van der Waals surface area contributed by atoms with E-state index in [1.807, 2.05) is 41.5 Å². The maximum atomic E-state index is 14.4. The molecule has 0 bridgehead atoms. The molecular formula is C34H50N5NaO7. The molecule has 0 unspecified atom stereocenters. The van der Waals surface area contributed by atoms with E-state index in [4.69, 9.17) is 10.5 Å². The number of hydrogen-bond acceptors (Lipinski definition) is 8. The number of unbranched alkanes of at least 4 members (excludes halogenated alkanes) is 1. The standard InChI is InChI=1S/C34H51N5O7.Na/c1-8-9-16-28(31(42)43)39(29(40)25(35)18-23-20-37(33(45)46-7)27-17-11-10-15-24(23)27)30(41)26(19-34(4,5)6)36-32(44)38-21(2)13-12-14-22(38)3;/h10-11,15,17,20-22,25-26,28H,8-9,12-14,16,18-19,35H2,1-7H3,(H,36,44)(H,42,43);/q;+1/p-1/t21-,22-,25-,26+,28-;/m1./s1. The molecule has 254 valence electrons. The van der Waals surface area contributed by atoms with Crippen LogP contribution in [0.25, 0.3) is 10.9 Å². The number of para-hydroxylation sites is 1. The number of rotatable bonds is 11. The fourth-order valence-corrected chi connectivity index (χ4v) is 6.36. The zero-order valence-electron chi connectivity index (χ0n) is 29.2. The van der Waals surface area contributed by atoms with Crippen LogP contribution in [0, 0.1) is 5.41 Å². The van der Waals surface area contributed by atoms with Gasteiger partial charge in [0.1, 0.15) is 6.04 Å². The number of benzene rings is 1. The van der Waals surface area contributed by atoms with E-state index in [1.54, 1.807) is 29.2 Å². The smallest absolute Gasteiger partial charge is 0.548 e. The number of nitrogens with zero attached hydrogens (tertiary/aromatic N) is 3. The van der Waals surface area contributed by atoms with E-state index in [0.717, 1.165) is 19.3 Å². The number of likely N-dealkylation sites (tertiary alicyclic amines) is 1. The van der Waals surface area contributed by atoms with Gasteiger partial charge >= 0.3 is 41.7 Å². The largest absolute Gasteiger partial charge is 1.00 e. The van der Waals surface area contributed by atoms with Gasteiger partial charge in [-0.1, -0.05) is 58.7 Å². The molecule has 2 heterocycles. The van der Waals surface area contributed by atoms with Crippen molar-refractivity contribution in [1.82, 2.24) is 19.7 Å². The molecule has 3 rings (SSSR count). The van der Waals surface area contributed by atoms with E-state index in [9.17, 15) is 29.1 Å². The Morgan fingerprint density at radius 1 is 1.09 bits per heavy atom. The first-order valence-corrected chi connectivity index (χ1v) is 16.2. The number of aromatic nitrogens is 1. The second-order valence-electron chi connectivity index (χ2n) is 13.6. The topological polar surface area (TPSA) is 167 Å². The number of imide groups is 1. The molecule has 13 heteroatoms. The molecular weight excluding hydrogens is 613 g/mol. The Morgan fingerprint density at radius 3 is 2.26 bits per heavy atom. The summed E-state index contributed by atoms with van der Waals surface area (Å²) in [6, 6.07) is 2.35. The Morgan fingerprint density at radius 2 is 1.70 bits per heavy atom. The van der Waals surface area contributed by atoms with Crippen molar-refractivity contribution in [3.8, 4) is 0 Å². The van der Waals surface area contributed by atoms with E-state index < -0.39 is 53.4 Å². The molecule has 0 spiro atoms. The fourth-order valence-electron chi connectivity index (χ4n) is 6.36. The van der Waals surface area contributed by atoms with Gasteiger partial charge < -0.3 is 30.6 Å². The Bertz CT molecular complexity index is 1410. The number of urea groups is 1. The Balaban J connectivity index is 0.00000768. The Hall–Kier alpha value is -2.93. The summed E-state index contributed by atoms with van der Waals surface area (Å²) in [7, 11) is 1.26. The van der Waals surface area contributed by atoms with Crippen LogP contribution in [0.2, 0.25) is 0 Å². The van der Waals surface area contributed by atoms with Crippen LogP contribution in [0.15, 0.2) is 30.5 Å². The number of carbonyl (C=O) groups is 5. The monoisotopic (exact) mass is 663 g/mol. The number of aliphatic carboxylic acids is 1. The molecule has 1 saturated heterocycles. The first kappa shape index (κ1) is 40.2. The summed E-state index contributed by atoms with van der Waals surface area (Å²) >= 11 is 0. The summed E-state index contributed by atoms with van der Waals surface area (Å²) in [4.78, 5) is 69.6. The van der Waals surface area contributed by atoms with Crippen molar-refractivity contribution < 1.29 is 63.4 Å². The van der Waals surface area contributed by atoms with Gasteiger partial charge in [-0.3, -0.25) is 19.1 Å². The summed E-state index contributed by atoms with van der Waals surface area (Å²) in [5.74, 6) is -3.33. The number of carbonyl (C=O) groups excluding carboxylic acids is 5. The SMILES string of the molecule is CCCC[C@H](C(=O)[O-])N(C(=O)[C@H](N)Cc1cn(C(=O)OC)c2ccccc12)C(=O)[C@H](CC(C)(C)C)NC(=O)N1[C@H](C)CCC[C@H]1C.[Na+]. The zero-order chi connectivity index (χ0) is 34.3. The van der Waals surface area contributed by atoms with Crippen molar-refractivity contribution in [2.75, 3.05) is 7.11 Å². The van der Waals surface area contributed by atoms with E-state index >= 15 is 0 Å². The third-order valence-corrected chi connectivity index (χ3v) is 8.65. The number of methoxy groups -OCH3 is 1. The van der Waals surface area contributed by atoms with E-state index in [0.29, 0.717) is 34.2 Å².